The molecule has 2 heterocycles. The summed E-state index contributed by atoms with van der Waals surface area (Å²) in [4.78, 5) is 4.46. The van der Waals surface area contributed by atoms with Gasteiger partial charge in [0.2, 0.25) is 0 Å². The summed E-state index contributed by atoms with van der Waals surface area (Å²) in [5.41, 5.74) is 0.970. The number of halogens is 1. The number of aliphatic hydroxyl groups excluding tert-OH is 1. The van der Waals surface area contributed by atoms with Crippen LogP contribution in [0.2, 0.25) is 0 Å². The Labute approximate surface area is 114 Å². The lowest BCUT2D eigenvalue weighted by molar-refractivity contribution is 0.0501. The standard InChI is InChI=1S/C13H15BrN2O2/c14-2-4-18-12-5-9-1-3-16(13(9)15-8-12)10-6-11(17)7-10/h1,3,5,8,10-11,17H,2,4,6-7H2. The Balaban J connectivity index is 1.86. The van der Waals surface area contributed by atoms with Crippen molar-refractivity contribution in [2.24, 2.45) is 0 Å². The summed E-state index contributed by atoms with van der Waals surface area (Å²) < 4.78 is 7.68. The van der Waals surface area contributed by atoms with Gasteiger partial charge in [-0.3, -0.25) is 0 Å². The van der Waals surface area contributed by atoms with Crippen LogP contribution < -0.4 is 4.74 Å². The highest BCUT2D eigenvalue weighted by molar-refractivity contribution is 9.09. The van der Waals surface area contributed by atoms with E-state index in [9.17, 15) is 5.11 Å². The lowest BCUT2D eigenvalue weighted by atomic mass is 9.89. The molecule has 5 heteroatoms. The summed E-state index contributed by atoms with van der Waals surface area (Å²) >= 11 is 3.33. The van der Waals surface area contributed by atoms with Crippen LogP contribution in [0.25, 0.3) is 11.0 Å². The van der Waals surface area contributed by atoms with Gasteiger partial charge in [0.1, 0.15) is 11.4 Å². The normalized spacial score (nSPS) is 23.0. The van der Waals surface area contributed by atoms with E-state index in [1.807, 2.05) is 18.3 Å². The molecule has 1 saturated carbocycles. The lowest BCUT2D eigenvalue weighted by Crippen LogP contribution is -2.30. The van der Waals surface area contributed by atoms with Crippen molar-refractivity contribution < 1.29 is 9.84 Å². The molecule has 2 aromatic heterocycles. The molecule has 0 amide bonds. The molecule has 0 saturated heterocycles. The Kier molecular flexibility index (Phi) is 3.26. The number of nitrogens with zero attached hydrogens (tertiary/aromatic N) is 2. The summed E-state index contributed by atoms with van der Waals surface area (Å²) in [5.74, 6) is 0.799. The average Bonchev–Trinajstić information content (AvgIpc) is 2.75. The number of rotatable bonds is 4. The van der Waals surface area contributed by atoms with Crippen LogP contribution >= 0.6 is 15.9 Å². The van der Waals surface area contributed by atoms with Crippen LogP contribution in [0, 0.1) is 0 Å². The summed E-state index contributed by atoms with van der Waals surface area (Å²) in [6, 6.07) is 4.45. The topological polar surface area (TPSA) is 47.3 Å². The highest BCUT2D eigenvalue weighted by Gasteiger charge is 2.29. The first-order valence-corrected chi connectivity index (χ1v) is 7.23. The zero-order chi connectivity index (χ0) is 12.5. The third-order valence-corrected chi connectivity index (χ3v) is 3.68. The van der Waals surface area contributed by atoms with Crippen LogP contribution in [-0.4, -0.2) is 32.7 Å². The molecule has 1 N–H and O–H groups in total. The molecular weight excluding hydrogens is 296 g/mol. The van der Waals surface area contributed by atoms with Crippen molar-refractivity contribution in [3.63, 3.8) is 0 Å². The number of hydrogen-bond donors (Lipinski definition) is 1. The Morgan fingerprint density at radius 3 is 3.06 bits per heavy atom. The maximum absolute atomic E-state index is 9.37. The van der Waals surface area contributed by atoms with Crippen molar-refractivity contribution in [3.8, 4) is 5.75 Å². The van der Waals surface area contributed by atoms with Crippen LogP contribution in [0.15, 0.2) is 24.5 Å². The van der Waals surface area contributed by atoms with Crippen molar-refractivity contribution in [3.05, 3.63) is 24.5 Å². The van der Waals surface area contributed by atoms with Gasteiger partial charge in [0.25, 0.3) is 0 Å². The van der Waals surface area contributed by atoms with Gasteiger partial charge in [-0.25, -0.2) is 4.98 Å². The minimum atomic E-state index is -0.144. The fourth-order valence-corrected chi connectivity index (χ4v) is 2.50. The number of aliphatic hydroxyl groups is 1. The smallest absolute Gasteiger partial charge is 0.140 e. The fourth-order valence-electron chi connectivity index (χ4n) is 2.34. The van der Waals surface area contributed by atoms with Gasteiger partial charge < -0.3 is 14.4 Å². The highest BCUT2D eigenvalue weighted by Crippen LogP contribution is 2.34. The largest absolute Gasteiger partial charge is 0.491 e. The highest BCUT2D eigenvalue weighted by atomic mass is 79.9. The molecule has 0 aliphatic heterocycles. The van der Waals surface area contributed by atoms with Crippen molar-refractivity contribution >= 4 is 27.0 Å². The van der Waals surface area contributed by atoms with Gasteiger partial charge in [0, 0.05) is 23.0 Å². The van der Waals surface area contributed by atoms with E-state index in [4.69, 9.17) is 4.74 Å². The van der Waals surface area contributed by atoms with Crippen LogP contribution in [0.5, 0.6) is 5.75 Å². The summed E-state index contributed by atoms with van der Waals surface area (Å²) in [7, 11) is 0. The lowest BCUT2D eigenvalue weighted by Gasteiger charge is -2.32. The van der Waals surface area contributed by atoms with Crippen molar-refractivity contribution in [1.82, 2.24) is 9.55 Å². The SMILES string of the molecule is OC1CC(n2ccc3cc(OCCBr)cnc32)C1. The van der Waals surface area contributed by atoms with E-state index in [1.165, 1.54) is 0 Å². The van der Waals surface area contributed by atoms with Gasteiger partial charge in [0.15, 0.2) is 0 Å². The monoisotopic (exact) mass is 310 g/mol. The molecule has 0 unspecified atom stereocenters. The number of alkyl halides is 1. The number of aromatic nitrogens is 2. The summed E-state index contributed by atoms with van der Waals surface area (Å²) in [6.45, 7) is 0.642. The van der Waals surface area contributed by atoms with Crippen LogP contribution in [-0.2, 0) is 0 Å². The van der Waals surface area contributed by atoms with E-state index in [-0.39, 0.29) is 6.10 Å². The summed E-state index contributed by atoms with van der Waals surface area (Å²) in [6.07, 6.45) is 5.31. The third-order valence-electron chi connectivity index (χ3n) is 3.36. The fraction of sp³-hybridized carbons (Fsp3) is 0.462. The molecule has 18 heavy (non-hydrogen) atoms. The van der Waals surface area contributed by atoms with Crippen molar-refractivity contribution in [2.45, 2.75) is 25.0 Å². The number of ether oxygens (including phenoxy) is 1. The maximum Gasteiger partial charge on any atom is 0.140 e. The van der Waals surface area contributed by atoms with Gasteiger partial charge in [-0.2, -0.15) is 0 Å². The Hall–Kier alpha value is -1.07. The van der Waals surface area contributed by atoms with E-state index in [0.29, 0.717) is 12.6 Å². The van der Waals surface area contributed by atoms with E-state index in [1.54, 1.807) is 6.20 Å². The molecule has 1 fully saturated rings. The predicted molar refractivity (Wildman–Crippen MR) is 73.3 cm³/mol. The molecule has 2 aromatic rings. The zero-order valence-corrected chi connectivity index (χ0v) is 11.5. The van der Waals surface area contributed by atoms with Crippen LogP contribution in [0.3, 0.4) is 0 Å². The van der Waals surface area contributed by atoms with Crippen molar-refractivity contribution in [2.75, 3.05) is 11.9 Å². The zero-order valence-electron chi connectivity index (χ0n) is 9.92. The summed E-state index contributed by atoms with van der Waals surface area (Å²) in [5, 5.41) is 11.3. The van der Waals surface area contributed by atoms with Gasteiger partial charge in [-0.05, 0) is 25.0 Å². The first-order chi connectivity index (χ1) is 8.78. The molecule has 0 bridgehead atoms. The second-order valence-electron chi connectivity index (χ2n) is 4.62. The molecular formula is C13H15BrN2O2. The van der Waals surface area contributed by atoms with Crippen molar-refractivity contribution in [1.29, 1.82) is 0 Å². The molecule has 0 atom stereocenters. The second-order valence-corrected chi connectivity index (χ2v) is 5.42. The average molecular weight is 311 g/mol. The van der Waals surface area contributed by atoms with E-state index < -0.39 is 0 Å². The van der Waals surface area contributed by atoms with Gasteiger partial charge in [-0.15, -0.1) is 0 Å². The minimum absolute atomic E-state index is 0.144. The molecule has 4 nitrogen and oxygen atoms in total. The quantitative estimate of drug-likeness (QED) is 0.883. The number of hydrogen-bond acceptors (Lipinski definition) is 3. The molecule has 1 aliphatic rings. The third kappa shape index (κ3) is 2.12. The first-order valence-electron chi connectivity index (χ1n) is 6.11. The number of pyridine rings is 1. The first kappa shape index (κ1) is 12.0. The van der Waals surface area contributed by atoms with E-state index >= 15 is 0 Å². The van der Waals surface area contributed by atoms with Crippen LogP contribution in [0.1, 0.15) is 18.9 Å². The Bertz CT molecular complexity index is 549. The molecule has 0 spiro atoms. The maximum atomic E-state index is 9.37. The molecule has 0 aromatic carbocycles. The number of fused-ring (bicyclic) bond motifs is 1. The second kappa shape index (κ2) is 4.90. The molecule has 0 radical (unpaired) electrons. The Morgan fingerprint density at radius 2 is 2.33 bits per heavy atom. The van der Waals surface area contributed by atoms with Gasteiger partial charge >= 0.3 is 0 Å². The predicted octanol–water partition coefficient (Wildman–Crippen LogP) is 2.51. The van der Waals surface area contributed by atoms with E-state index in [0.717, 1.165) is 35.0 Å². The Morgan fingerprint density at radius 1 is 1.50 bits per heavy atom. The van der Waals surface area contributed by atoms with Gasteiger partial charge in [-0.1, -0.05) is 15.9 Å². The van der Waals surface area contributed by atoms with Crippen LogP contribution in [0.4, 0.5) is 0 Å². The van der Waals surface area contributed by atoms with E-state index in [2.05, 4.69) is 25.5 Å². The minimum Gasteiger partial charge on any atom is -0.491 e. The van der Waals surface area contributed by atoms with Gasteiger partial charge in [0.05, 0.1) is 18.9 Å². The molecule has 3 rings (SSSR count). The molecule has 1 aliphatic carbocycles. The molecule has 96 valence electrons.